The minimum absolute atomic E-state index is 0.161. The van der Waals surface area contributed by atoms with Crippen LogP contribution in [-0.4, -0.2) is 59.4 Å². The van der Waals surface area contributed by atoms with Crippen molar-refractivity contribution in [2.75, 3.05) is 39.8 Å². The van der Waals surface area contributed by atoms with Gasteiger partial charge in [-0.3, -0.25) is 9.36 Å². The quantitative estimate of drug-likeness (QED) is 0.139. The minimum atomic E-state index is -0.303. The highest BCUT2D eigenvalue weighted by Crippen LogP contribution is 2.33. The average Bonchev–Trinajstić information content (AvgIpc) is 3.56. The van der Waals surface area contributed by atoms with Crippen molar-refractivity contribution < 1.29 is 13.7 Å². The first kappa shape index (κ1) is 35.5. The largest absolute Gasteiger partial charge is 0.493 e. The van der Waals surface area contributed by atoms with E-state index in [9.17, 15) is 9.18 Å². The van der Waals surface area contributed by atoms with Crippen molar-refractivity contribution in [2.24, 2.45) is 0 Å². The summed E-state index contributed by atoms with van der Waals surface area (Å²) in [5.41, 5.74) is 5.96. The number of likely N-dealkylation sites (tertiary alicyclic amines) is 1. The number of piperidine rings is 1. The van der Waals surface area contributed by atoms with Gasteiger partial charge in [0, 0.05) is 54.6 Å². The molecule has 1 N–H and O–H groups in total. The third kappa shape index (κ3) is 9.06. The molecule has 2 aliphatic rings. The fourth-order valence-electron chi connectivity index (χ4n) is 7.14. The normalized spacial score (nSPS) is 15.0. The number of rotatable bonds is 12. The van der Waals surface area contributed by atoms with Crippen molar-refractivity contribution in [1.82, 2.24) is 24.9 Å². The molecule has 0 atom stereocenters. The summed E-state index contributed by atoms with van der Waals surface area (Å²) in [5, 5.41) is 8.30. The summed E-state index contributed by atoms with van der Waals surface area (Å²) in [7, 11) is 1.98. The number of nitrogens with zero attached hydrogens (tertiary/aromatic N) is 4. The molecule has 1 saturated heterocycles. The van der Waals surface area contributed by atoms with Gasteiger partial charge in [0.05, 0.1) is 12.3 Å². The number of halogens is 1. The van der Waals surface area contributed by atoms with Gasteiger partial charge in [0.15, 0.2) is 5.58 Å². The lowest BCUT2D eigenvalue weighted by atomic mass is 9.91. The van der Waals surface area contributed by atoms with E-state index in [0.717, 1.165) is 131 Å². The Kier molecular flexibility index (Phi) is 12.5. The van der Waals surface area contributed by atoms with E-state index in [1.165, 1.54) is 23.3 Å². The van der Waals surface area contributed by atoms with Crippen molar-refractivity contribution in [2.45, 2.75) is 77.2 Å². The third-order valence-corrected chi connectivity index (χ3v) is 9.98. The van der Waals surface area contributed by atoms with Crippen LogP contribution in [0.25, 0.3) is 11.0 Å². The Balaban J connectivity index is 0.000000189. The molecule has 8 nitrogen and oxygen atoms in total. The van der Waals surface area contributed by atoms with Crippen LogP contribution >= 0.6 is 0 Å². The summed E-state index contributed by atoms with van der Waals surface area (Å²) < 4.78 is 26.5. The SMILES string of the molecule is CNCCCCOc1ccccc1Cc1ccccc1.Cc1nc2n(c(=O)c1CCN1CCC(c3noc4cc(F)ccc34)CC1)CCCC2. The van der Waals surface area contributed by atoms with Crippen LogP contribution in [0.3, 0.4) is 0 Å². The number of ether oxygens (including phenoxy) is 1. The molecule has 7 rings (SSSR count). The van der Waals surface area contributed by atoms with E-state index in [4.69, 9.17) is 14.2 Å². The van der Waals surface area contributed by atoms with Crippen LogP contribution in [-0.2, 0) is 25.8 Å². The number of aryl methyl sites for hydroxylation is 2. The van der Waals surface area contributed by atoms with Crippen LogP contribution in [0.2, 0.25) is 0 Å². The number of benzene rings is 3. The zero-order valence-corrected chi connectivity index (χ0v) is 29.5. The smallest absolute Gasteiger partial charge is 0.256 e. The van der Waals surface area contributed by atoms with E-state index in [0.29, 0.717) is 11.5 Å². The van der Waals surface area contributed by atoms with Crippen LogP contribution in [0.15, 0.2) is 82.1 Å². The summed E-state index contributed by atoms with van der Waals surface area (Å²) >= 11 is 0. The summed E-state index contributed by atoms with van der Waals surface area (Å²) in [5.74, 6) is 1.99. The summed E-state index contributed by atoms with van der Waals surface area (Å²) in [6.45, 7) is 7.39. The summed E-state index contributed by atoms with van der Waals surface area (Å²) in [6.07, 6.45) is 8.97. The van der Waals surface area contributed by atoms with Crippen molar-refractivity contribution in [3.63, 3.8) is 0 Å². The van der Waals surface area contributed by atoms with Gasteiger partial charge in [0.25, 0.3) is 5.56 Å². The second-order valence-corrected chi connectivity index (χ2v) is 13.5. The van der Waals surface area contributed by atoms with Crippen LogP contribution < -0.4 is 15.6 Å². The molecular weight excluding hydrogens is 629 g/mol. The first-order valence-electron chi connectivity index (χ1n) is 18.3. The predicted octanol–water partition coefficient (Wildman–Crippen LogP) is 7.25. The molecule has 2 aromatic heterocycles. The van der Waals surface area contributed by atoms with Gasteiger partial charge in [-0.2, -0.15) is 0 Å². The van der Waals surface area contributed by atoms with Gasteiger partial charge in [0.2, 0.25) is 0 Å². The van der Waals surface area contributed by atoms with E-state index in [2.05, 4.69) is 57.8 Å². The molecule has 264 valence electrons. The Hall–Kier alpha value is -4.34. The highest BCUT2D eigenvalue weighted by molar-refractivity contribution is 5.79. The van der Waals surface area contributed by atoms with Crippen LogP contribution in [0.1, 0.15) is 78.3 Å². The molecule has 50 heavy (non-hydrogen) atoms. The van der Waals surface area contributed by atoms with Crippen LogP contribution in [0, 0.1) is 12.7 Å². The van der Waals surface area contributed by atoms with E-state index >= 15 is 0 Å². The standard InChI is InChI=1S/C23H27FN4O2.C18H23NO/c1-15-18(23(29)28-10-3-2-4-21(28)25-15)9-13-27-11-7-16(8-12-27)22-19-6-5-17(24)14-20(19)30-26-22;1-19-13-7-8-14-20-18-12-6-5-11-17(18)15-16-9-3-2-4-10-16/h5-6,14,16H,2-4,7-13H2,1H3;2-6,9-12,19H,7-8,13-15H2,1H3. The van der Waals surface area contributed by atoms with Gasteiger partial charge in [-0.1, -0.05) is 53.7 Å². The van der Waals surface area contributed by atoms with Crippen LogP contribution in [0.5, 0.6) is 5.75 Å². The molecule has 9 heteroatoms. The number of hydrogen-bond donors (Lipinski definition) is 1. The predicted molar refractivity (Wildman–Crippen MR) is 197 cm³/mol. The van der Waals surface area contributed by atoms with E-state index < -0.39 is 0 Å². The summed E-state index contributed by atoms with van der Waals surface area (Å²) in [6, 6.07) is 23.5. The molecule has 4 heterocycles. The maximum Gasteiger partial charge on any atom is 0.256 e. The zero-order valence-electron chi connectivity index (χ0n) is 29.5. The fourth-order valence-corrected chi connectivity index (χ4v) is 7.14. The molecule has 0 unspecified atom stereocenters. The van der Waals surface area contributed by atoms with E-state index in [1.807, 2.05) is 30.7 Å². The minimum Gasteiger partial charge on any atom is -0.493 e. The molecule has 0 bridgehead atoms. The van der Waals surface area contributed by atoms with E-state index in [-0.39, 0.29) is 11.4 Å². The topological polar surface area (TPSA) is 85.4 Å². The van der Waals surface area contributed by atoms with Gasteiger partial charge in [-0.25, -0.2) is 9.37 Å². The highest BCUT2D eigenvalue weighted by Gasteiger charge is 2.26. The molecule has 2 aliphatic heterocycles. The lowest BCUT2D eigenvalue weighted by molar-refractivity contribution is 0.211. The Morgan fingerprint density at radius 2 is 1.78 bits per heavy atom. The van der Waals surface area contributed by atoms with Gasteiger partial charge < -0.3 is 19.5 Å². The number of para-hydroxylation sites is 1. The molecule has 5 aromatic rings. The molecule has 0 amide bonds. The molecule has 0 saturated carbocycles. The lowest BCUT2D eigenvalue weighted by Gasteiger charge is -2.31. The number of fused-ring (bicyclic) bond motifs is 2. The second kappa shape index (κ2) is 17.5. The first-order chi connectivity index (χ1) is 24.5. The Bertz CT molecular complexity index is 1880. The molecule has 0 spiro atoms. The zero-order chi connectivity index (χ0) is 34.7. The Morgan fingerprint density at radius 1 is 0.980 bits per heavy atom. The van der Waals surface area contributed by atoms with Gasteiger partial charge in [0.1, 0.15) is 17.4 Å². The van der Waals surface area contributed by atoms with Gasteiger partial charge in [-0.15, -0.1) is 0 Å². The number of unbranched alkanes of at least 4 members (excludes halogenated alkanes) is 1. The molecular formula is C41H50FN5O3. The van der Waals surface area contributed by atoms with Gasteiger partial charge >= 0.3 is 0 Å². The Morgan fingerprint density at radius 3 is 2.60 bits per heavy atom. The molecule has 0 radical (unpaired) electrons. The maximum atomic E-state index is 13.4. The molecule has 0 aliphatic carbocycles. The van der Waals surface area contributed by atoms with Crippen LogP contribution in [0.4, 0.5) is 4.39 Å². The Labute approximate surface area is 294 Å². The molecule has 3 aromatic carbocycles. The number of nitrogens with one attached hydrogen (secondary N) is 1. The van der Waals surface area contributed by atoms with Crippen molar-refractivity contribution in [3.8, 4) is 5.75 Å². The number of hydrogen-bond acceptors (Lipinski definition) is 7. The number of aromatic nitrogens is 3. The fraction of sp³-hybridized carbons (Fsp3) is 0.439. The third-order valence-electron chi connectivity index (χ3n) is 9.98. The molecule has 1 fully saturated rings. The first-order valence-corrected chi connectivity index (χ1v) is 18.3. The highest BCUT2D eigenvalue weighted by atomic mass is 19.1. The lowest BCUT2D eigenvalue weighted by Crippen LogP contribution is -2.37. The summed E-state index contributed by atoms with van der Waals surface area (Å²) in [4.78, 5) is 20.1. The average molecular weight is 680 g/mol. The van der Waals surface area contributed by atoms with Crippen molar-refractivity contribution in [1.29, 1.82) is 0 Å². The maximum absolute atomic E-state index is 13.4. The monoisotopic (exact) mass is 679 g/mol. The van der Waals surface area contributed by atoms with Crippen molar-refractivity contribution >= 4 is 11.0 Å². The van der Waals surface area contributed by atoms with Crippen molar-refractivity contribution in [3.05, 3.63) is 123 Å². The second-order valence-electron chi connectivity index (χ2n) is 13.5. The van der Waals surface area contributed by atoms with Gasteiger partial charge in [-0.05, 0) is 108 Å². The van der Waals surface area contributed by atoms with E-state index in [1.54, 1.807) is 6.07 Å².